The van der Waals surface area contributed by atoms with Crippen molar-refractivity contribution in [3.05, 3.63) is 59.4 Å². The molecule has 0 spiro atoms. The molecule has 5 heteroatoms. The quantitative estimate of drug-likeness (QED) is 0.464. The second kappa shape index (κ2) is 10.2. The van der Waals surface area contributed by atoms with Crippen LogP contribution in [0, 0.1) is 0 Å². The molecular weight excluding hydrogens is 382 g/mol. The summed E-state index contributed by atoms with van der Waals surface area (Å²) in [6.07, 6.45) is 4.29. The second-order valence-electron chi connectivity index (χ2n) is 5.68. The van der Waals surface area contributed by atoms with Gasteiger partial charge in [0.1, 0.15) is 10.6 Å². The molecule has 134 valence electrons. The van der Waals surface area contributed by atoms with Crippen LogP contribution in [0.15, 0.2) is 42.6 Å². The number of ether oxygens (including phenoxy) is 2. The van der Waals surface area contributed by atoms with E-state index in [2.05, 4.69) is 40.0 Å². The van der Waals surface area contributed by atoms with Gasteiger partial charge in [-0.05, 0) is 49.1 Å². The smallest absolute Gasteiger partial charge is 0.320 e. The lowest BCUT2D eigenvalue weighted by atomic mass is 10.1. The fraction of sp³-hybridized carbons (Fsp3) is 0.400. The van der Waals surface area contributed by atoms with Crippen molar-refractivity contribution in [1.29, 1.82) is 0 Å². The molecule has 0 aliphatic carbocycles. The molecule has 1 heterocycles. The van der Waals surface area contributed by atoms with Crippen molar-refractivity contribution in [2.75, 3.05) is 13.2 Å². The highest BCUT2D eigenvalue weighted by atomic mass is 79.9. The molecule has 0 radical (unpaired) electrons. The molecule has 0 saturated heterocycles. The van der Waals surface area contributed by atoms with E-state index >= 15 is 0 Å². The van der Waals surface area contributed by atoms with E-state index in [9.17, 15) is 4.79 Å². The van der Waals surface area contributed by atoms with E-state index in [1.165, 1.54) is 5.56 Å². The Hall–Kier alpha value is -1.88. The maximum atomic E-state index is 11.6. The van der Waals surface area contributed by atoms with Gasteiger partial charge in [-0.25, -0.2) is 0 Å². The van der Waals surface area contributed by atoms with Gasteiger partial charge in [-0.15, -0.1) is 0 Å². The molecule has 2 aromatic rings. The van der Waals surface area contributed by atoms with Gasteiger partial charge in [-0.3, -0.25) is 9.78 Å². The first-order chi connectivity index (χ1) is 12.1. The minimum atomic E-state index is -0.323. The average Bonchev–Trinajstić information content (AvgIpc) is 2.64. The normalized spacial score (nSPS) is 11.8. The van der Waals surface area contributed by atoms with Gasteiger partial charge in [-0.1, -0.05) is 41.1 Å². The van der Waals surface area contributed by atoms with Crippen molar-refractivity contribution in [1.82, 2.24) is 4.98 Å². The van der Waals surface area contributed by atoms with Crippen molar-refractivity contribution in [2.24, 2.45) is 0 Å². The molecule has 4 nitrogen and oxygen atoms in total. The third-order valence-corrected chi connectivity index (χ3v) is 4.50. The van der Waals surface area contributed by atoms with E-state index in [0.717, 1.165) is 29.8 Å². The number of esters is 1. The van der Waals surface area contributed by atoms with Crippen LogP contribution < -0.4 is 4.74 Å². The number of carbonyl (C=O) groups is 1. The minimum Gasteiger partial charge on any atom is -0.493 e. The SMILES string of the molecule is CCOC(=O)C(Br)Cc1ccc(OCCc2ccc(CC)cn2)cc1. The summed E-state index contributed by atoms with van der Waals surface area (Å²) < 4.78 is 10.8. The zero-order valence-corrected chi connectivity index (χ0v) is 16.3. The Kier molecular flexibility index (Phi) is 7.92. The summed E-state index contributed by atoms with van der Waals surface area (Å²) in [4.78, 5) is 15.7. The van der Waals surface area contributed by atoms with E-state index < -0.39 is 0 Å². The summed E-state index contributed by atoms with van der Waals surface area (Å²) in [5.74, 6) is 0.584. The molecule has 1 aromatic carbocycles. The van der Waals surface area contributed by atoms with Crippen LogP contribution in [-0.4, -0.2) is 29.0 Å². The van der Waals surface area contributed by atoms with Gasteiger partial charge in [0, 0.05) is 18.3 Å². The molecule has 0 bridgehead atoms. The molecule has 25 heavy (non-hydrogen) atoms. The molecule has 0 aliphatic heterocycles. The monoisotopic (exact) mass is 405 g/mol. The van der Waals surface area contributed by atoms with E-state index in [1.54, 1.807) is 6.92 Å². The first-order valence-corrected chi connectivity index (χ1v) is 9.50. The van der Waals surface area contributed by atoms with Crippen molar-refractivity contribution < 1.29 is 14.3 Å². The fourth-order valence-corrected chi connectivity index (χ4v) is 2.84. The van der Waals surface area contributed by atoms with Crippen molar-refractivity contribution in [3.8, 4) is 5.75 Å². The number of hydrogen-bond acceptors (Lipinski definition) is 4. The van der Waals surface area contributed by atoms with E-state index in [-0.39, 0.29) is 10.8 Å². The lowest BCUT2D eigenvalue weighted by molar-refractivity contribution is -0.142. The fourth-order valence-electron chi connectivity index (χ4n) is 2.33. The molecule has 1 unspecified atom stereocenters. The lowest BCUT2D eigenvalue weighted by Crippen LogP contribution is -2.19. The Morgan fingerprint density at radius 3 is 2.44 bits per heavy atom. The summed E-state index contributed by atoms with van der Waals surface area (Å²) in [5.41, 5.74) is 3.33. The number of aromatic nitrogens is 1. The summed E-state index contributed by atoms with van der Waals surface area (Å²) in [5, 5.41) is 0. The topological polar surface area (TPSA) is 48.4 Å². The average molecular weight is 406 g/mol. The third kappa shape index (κ3) is 6.50. The summed E-state index contributed by atoms with van der Waals surface area (Å²) in [7, 11) is 0. The van der Waals surface area contributed by atoms with Gasteiger partial charge in [0.05, 0.1) is 13.2 Å². The number of alkyl halides is 1. The highest BCUT2D eigenvalue weighted by Gasteiger charge is 2.16. The Morgan fingerprint density at radius 2 is 1.84 bits per heavy atom. The lowest BCUT2D eigenvalue weighted by Gasteiger charge is -2.10. The number of pyridine rings is 1. The number of nitrogens with zero attached hydrogens (tertiary/aromatic N) is 1. The predicted molar refractivity (Wildman–Crippen MR) is 102 cm³/mol. The maximum Gasteiger partial charge on any atom is 0.320 e. The van der Waals surface area contributed by atoms with Gasteiger partial charge in [0.25, 0.3) is 0 Å². The van der Waals surface area contributed by atoms with Crippen LogP contribution in [0.1, 0.15) is 30.7 Å². The molecule has 0 aliphatic rings. The molecule has 0 amide bonds. The van der Waals surface area contributed by atoms with Gasteiger partial charge in [0.2, 0.25) is 0 Å². The summed E-state index contributed by atoms with van der Waals surface area (Å²) >= 11 is 3.36. The highest BCUT2D eigenvalue weighted by Crippen LogP contribution is 2.17. The Labute approximate surface area is 157 Å². The number of rotatable bonds is 9. The molecule has 0 saturated carbocycles. The Balaban J connectivity index is 1.78. The largest absolute Gasteiger partial charge is 0.493 e. The van der Waals surface area contributed by atoms with E-state index in [4.69, 9.17) is 9.47 Å². The van der Waals surface area contributed by atoms with Gasteiger partial charge in [0.15, 0.2) is 0 Å². The summed E-state index contributed by atoms with van der Waals surface area (Å²) in [6.45, 7) is 4.90. The van der Waals surface area contributed by atoms with Crippen LogP contribution in [0.2, 0.25) is 0 Å². The first-order valence-electron chi connectivity index (χ1n) is 8.58. The first kappa shape index (κ1) is 19.4. The highest BCUT2D eigenvalue weighted by molar-refractivity contribution is 9.10. The summed E-state index contributed by atoms with van der Waals surface area (Å²) in [6, 6.07) is 11.9. The van der Waals surface area contributed by atoms with Gasteiger partial charge >= 0.3 is 5.97 Å². The number of carbonyl (C=O) groups excluding carboxylic acids is 1. The second-order valence-corrected chi connectivity index (χ2v) is 6.78. The minimum absolute atomic E-state index is 0.232. The predicted octanol–water partition coefficient (Wildman–Crippen LogP) is 4.13. The van der Waals surface area contributed by atoms with Crippen LogP contribution in [0.4, 0.5) is 0 Å². The van der Waals surface area contributed by atoms with Crippen LogP contribution in [-0.2, 0) is 28.8 Å². The number of halogens is 1. The van der Waals surface area contributed by atoms with Gasteiger partial charge < -0.3 is 9.47 Å². The Morgan fingerprint density at radius 1 is 1.12 bits per heavy atom. The van der Waals surface area contributed by atoms with Crippen molar-refractivity contribution >= 4 is 21.9 Å². The molecule has 0 fully saturated rings. The number of hydrogen-bond donors (Lipinski definition) is 0. The third-order valence-electron chi connectivity index (χ3n) is 3.80. The molecule has 2 rings (SSSR count). The standard InChI is InChI=1S/C20H24BrNO3/c1-3-15-5-8-17(22-14-15)11-12-25-18-9-6-16(7-10-18)13-19(21)20(23)24-4-2/h5-10,14,19H,3-4,11-13H2,1-2H3. The van der Waals surface area contributed by atoms with Crippen LogP contribution in [0.5, 0.6) is 5.75 Å². The van der Waals surface area contributed by atoms with E-state index in [0.29, 0.717) is 19.6 Å². The van der Waals surface area contributed by atoms with Gasteiger partial charge in [-0.2, -0.15) is 0 Å². The molecule has 0 N–H and O–H groups in total. The van der Waals surface area contributed by atoms with E-state index in [1.807, 2.05) is 30.5 Å². The Bertz CT molecular complexity index is 656. The van der Waals surface area contributed by atoms with Crippen LogP contribution in [0.3, 0.4) is 0 Å². The zero-order valence-electron chi connectivity index (χ0n) is 14.7. The van der Waals surface area contributed by atoms with Crippen LogP contribution >= 0.6 is 15.9 Å². The maximum absolute atomic E-state index is 11.6. The van der Waals surface area contributed by atoms with Crippen molar-refractivity contribution in [3.63, 3.8) is 0 Å². The molecular formula is C20H24BrNO3. The number of aryl methyl sites for hydroxylation is 1. The van der Waals surface area contributed by atoms with Crippen molar-refractivity contribution in [2.45, 2.75) is 37.9 Å². The molecule has 1 aromatic heterocycles. The molecule has 1 atom stereocenters. The van der Waals surface area contributed by atoms with Crippen LogP contribution in [0.25, 0.3) is 0 Å². The number of benzene rings is 1. The zero-order chi connectivity index (χ0) is 18.1.